The predicted molar refractivity (Wildman–Crippen MR) is 106 cm³/mol. The lowest BCUT2D eigenvalue weighted by atomic mass is 10.2. The van der Waals surface area contributed by atoms with Crippen LogP contribution in [0.3, 0.4) is 0 Å². The number of halogens is 1. The zero-order chi connectivity index (χ0) is 19.9. The summed E-state index contributed by atoms with van der Waals surface area (Å²) in [6.45, 7) is 2.01. The molecule has 0 bridgehead atoms. The summed E-state index contributed by atoms with van der Waals surface area (Å²) in [6, 6.07) is 17.3. The number of rotatable bonds is 7. The van der Waals surface area contributed by atoms with E-state index in [2.05, 4.69) is 10.6 Å². The van der Waals surface area contributed by atoms with Crippen LogP contribution in [0.5, 0.6) is 5.75 Å². The van der Waals surface area contributed by atoms with Crippen LogP contribution in [0.25, 0.3) is 0 Å². The van der Waals surface area contributed by atoms with Crippen LogP contribution in [0.1, 0.15) is 23.0 Å². The van der Waals surface area contributed by atoms with Crippen molar-refractivity contribution >= 4 is 29.1 Å². The molecule has 0 saturated heterocycles. The fourth-order valence-corrected chi connectivity index (χ4v) is 2.62. The molecule has 1 aromatic heterocycles. The van der Waals surface area contributed by atoms with Crippen LogP contribution in [0.4, 0.5) is 5.69 Å². The van der Waals surface area contributed by atoms with E-state index >= 15 is 0 Å². The van der Waals surface area contributed by atoms with Crippen molar-refractivity contribution < 1.29 is 18.7 Å². The first kappa shape index (κ1) is 19.5. The summed E-state index contributed by atoms with van der Waals surface area (Å²) < 4.78 is 10.6. The molecule has 7 heteroatoms. The maximum atomic E-state index is 12.2. The molecule has 2 aromatic carbocycles. The van der Waals surface area contributed by atoms with Gasteiger partial charge in [0.15, 0.2) is 11.9 Å². The van der Waals surface area contributed by atoms with Crippen molar-refractivity contribution in [3.05, 3.63) is 83.3 Å². The Morgan fingerprint density at radius 2 is 1.89 bits per heavy atom. The molecule has 0 spiro atoms. The Morgan fingerprint density at radius 3 is 2.57 bits per heavy atom. The molecule has 2 amide bonds. The summed E-state index contributed by atoms with van der Waals surface area (Å²) in [5.74, 6) is 0.213. The number of carbonyl (C=O) groups is 2. The number of anilines is 1. The van der Waals surface area contributed by atoms with Gasteiger partial charge in [-0.15, -0.1) is 0 Å². The van der Waals surface area contributed by atoms with Crippen molar-refractivity contribution in [1.29, 1.82) is 0 Å². The van der Waals surface area contributed by atoms with Gasteiger partial charge in [-0.3, -0.25) is 9.59 Å². The van der Waals surface area contributed by atoms with Gasteiger partial charge in [-0.25, -0.2) is 0 Å². The second-order valence-electron chi connectivity index (χ2n) is 6.06. The maximum Gasteiger partial charge on any atom is 0.291 e. The SMILES string of the molecule is CC(Oc1cccc(Cl)c1)C(=O)NCc1ccc(NC(=O)c2ccco2)cc1. The normalized spacial score (nSPS) is 11.5. The molecular weight excluding hydrogens is 380 g/mol. The zero-order valence-electron chi connectivity index (χ0n) is 15.1. The van der Waals surface area contributed by atoms with Crippen LogP contribution in [0.2, 0.25) is 5.02 Å². The van der Waals surface area contributed by atoms with Crippen molar-refractivity contribution in [3.8, 4) is 5.75 Å². The van der Waals surface area contributed by atoms with E-state index in [4.69, 9.17) is 20.8 Å². The molecule has 0 aliphatic rings. The van der Waals surface area contributed by atoms with Gasteiger partial charge in [-0.2, -0.15) is 0 Å². The second kappa shape index (κ2) is 9.10. The van der Waals surface area contributed by atoms with Gasteiger partial charge in [0.25, 0.3) is 11.8 Å². The van der Waals surface area contributed by atoms with E-state index in [1.807, 2.05) is 12.1 Å². The molecule has 144 valence electrons. The van der Waals surface area contributed by atoms with Gasteiger partial charge >= 0.3 is 0 Å². The number of furan rings is 1. The lowest BCUT2D eigenvalue weighted by Gasteiger charge is -2.15. The zero-order valence-corrected chi connectivity index (χ0v) is 15.9. The van der Waals surface area contributed by atoms with E-state index in [1.165, 1.54) is 6.26 Å². The summed E-state index contributed by atoms with van der Waals surface area (Å²) in [7, 11) is 0. The average molecular weight is 399 g/mol. The minimum absolute atomic E-state index is 0.241. The van der Waals surface area contributed by atoms with Crippen molar-refractivity contribution in [2.24, 2.45) is 0 Å². The molecule has 2 N–H and O–H groups in total. The van der Waals surface area contributed by atoms with Crippen molar-refractivity contribution in [2.45, 2.75) is 19.6 Å². The third-order valence-electron chi connectivity index (χ3n) is 3.90. The van der Waals surface area contributed by atoms with E-state index in [-0.39, 0.29) is 17.6 Å². The molecule has 1 heterocycles. The molecule has 3 aromatic rings. The molecule has 0 radical (unpaired) electrons. The predicted octanol–water partition coefficient (Wildman–Crippen LogP) is 4.27. The quantitative estimate of drug-likeness (QED) is 0.622. The first-order valence-corrected chi connectivity index (χ1v) is 9.03. The number of benzene rings is 2. The van der Waals surface area contributed by atoms with E-state index in [1.54, 1.807) is 55.5 Å². The number of nitrogens with one attached hydrogen (secondary N) is 2. The fraction of sp³-hybridized carbons (Fsp3) is 0.143. The number of ether oxygens (including phenoxy) is 1. The monoisotopic (exact) mass is 398 g/mol. The van der Waals surface area contributed by atoms with Gasteiger partial charge in [0.05, 0.1) is 6.26 Å². The Labute approximate surface area is 167 Å². The highest BCUT2D eigenvalue weighted by Crippen LogP contribution is 2.18. The van der Waals surface area contributed by atoms with Crippen LogP contribution >= 0.6 is 11.6 Å². The van der Waals surface area contributed by atoms with Crippen LogP contribution < -0.4 is 15.4 Å². The first-order chi connectivity index (χ1) is 13.5. The maximum absolute atomic E-state index is 12.2. The Balaban J connectivity index is 1.48. The molecule has 0 aliphatic heterocycles. The third-order valence-corrected chi connectivity index (χ3v) is 4.14. The molecule has 0 saturated carbocycles. The number of hydrogen-bond donors (Lipinski definition) is 2. The van der Waals surface area contributed by atoms with Gasteiger partial charge in [0, 0.05) is 17.3 Å². The van der Waals surface area contributed by atoms with Gasteiger partial charge in [-0.05, 0) is 55.0 Å². The molecular formula is C21H19ClN2O4. The van der Waals surface area contributed by atoms with Crippen molar-refractivity contribution in [2.75, 3.05) is 5.32 Å². The molecule has 0 aliphatic carbocycles. The third kappa shape index (κ3) is 5.37. The topological polar surface area (TPSA) is 80.6 Å². The Hall–Kier alpha value is -3.25. The molecule has 6 nitrogen and oxygen atoms in total. The minimum atomic E-state index is -0.662. The first-order valence-electron chi connectivity index (χ1n) is 8.65. The van der Waals surface area contributed by atoms with Crippen LogP contribution in [-0.2, 0) is 11.3 Å². The lowest BCUT2D eigenvalue weighted by Crippen LogP contribution is -2.35. The number of carbonyl (C=O) groups excluding carboxylic acids is 2. The molecule has 28 heavy (non-hydrogen) atoms. The fourth-order valence-electron chi connectivity index (χ4n) is 2.44. The Bertz CT molecular complexity index is 939. The summed E-state index contributed by atoms with van der Waals surface area (Å²) in [4.78, 5) is 24.2. The van der Waals surface area contributed by atoms with Crippen molar-refractivity contribution in [1.82, 2.24) is 5.32 Å². The lowest BCUT2D eigenvalue weighted by molar-refractivity contribution is -0.127. The molecule has 1 atom stereocenters. The van der Waals surface area contributed by atoms with Crippen LogP contribution in [-0.4, -0.2) is 17.9 Å². The number of hydrogen-bond acceptors (Lipinski definition) is 4. The van der Waals surface area contributed by atoms with Gasteiger partial charge in [-0.1, -0.05) is 29.8 Å². The van der Waals surface area contributed by atoms with E-state index in [0.717, 1.165) is 5.56 Å². The average Bonchev–Trinajstić information content (AvgIpc) is 3.22. The van der Waals surface area contributed by atoms with Gasteiger partial charge in [0.2, 0.25) is 0 Å². The summed E-state index contributed by atoms with van der Waals surface area (Å²) >= 11 is 5.91. The highest BCUT2D eigenvalue weighted by atomic mass is 35.5. The second-order valence-corrected chi connectivity index (χ2v) is 6.50. The standard InChI is InChI=1S/C21H19ClN2O4/c1-14(28-18-5-2-4-16(22)12-18)20(25)23-13-15-7-9-17(10-8-15)24-21(26)19-6-3-11-27-19/h2-12,14H,13H2,1H3,(H,23,25)(H,24,26). The molecule has 0 fully saturated rings. The summed E-state index contributed by atoms with van der Waals surface area (Å²) in [5, 5.41) is 6.10. The van der Waals surface area contributed by atoms with E-state index in [0.29, 0.717) is 23.0 Å². The van der Waals surface area contributed by atoms with Gasteiger partial charge < -0.3 is 19.8 Å². The Kier molecular flexibility index (Phi) is 6.34. The largest absolute Gasteiger partial charge is 0.481 e. The van der Waals surface area contributed by atoms with Crippen LogP contribution in [0.15, 0.2) is 71.3 Å². The summed E-state index contributed by atoms with van der Waals surface area (Å²) in [5.41, 5.74) is 1.52. The molecule has 3 rings (SSSR count). The minimum Gasteiger partial charge on any atom is -0.481 e. The smallest absolute Gasteiger partial charge is 0.291 e. The van der Waals surface area contributed by atoms with Crippen LogP contribution in [0, 0.1) is 0 Å². The Morgan fingerprint density at radius 1 is 1.11 bits per heavy atom. The highest BCUT2D eigenvalue weighted by Gasteiger charge is 2.14. The molecule has 1 unspecified atom stereocenters. The van der Waals surface area contributed by atoms with E-state index in [9.17, 15) is 9.59 Å². The highest BCUT2D eigenvalue weighted by molar-refractivity contribution is 6.30. The van der Waals surface area contributed by atoms with E-state index < -0.39 is 6.10 Å². The summed E-state index contributed by atoms with van der Waals surface area (Å²) in [6.07, 6.45) is 0.781. The van der Waals surface area contributed by atoms with Gasteiger partial charge in [0.1, 0.15) is 5.75 Å². The van der Waals surface area contributed by atoms with Crippen molar-refractivity contribution in [3.63, 3.8) is 0 Å². The number of amides is 2.